The van der Waals surface area contributed by atoms with Crippen LogP contribution in [0.15, 0.2) is 0 Å². The van der Waals surface area contributed by atoms with Gasteiger partial charge in [-0.2, -0.15) is 0 Å². The molecule has 0 aliphatic carbocycles. The lowest BCUT2D eigenvalue weighted by Crippen LogP contribution is -2.17. The van der Waals surface area contributed by atoms with Crippen LogP contribution in [0, 0.1) is 0 Å². The topological polar surface area (TPSA) is 24.1 Å². The molecule has 0 amide bonds. The molecule has 0 aromatic carbocycles. The highest BCUT2D eigenvalue weighted by molar-refractivity contribution is 6.29. The molecule has 0 unspecified atom stereocenters. The molecule has 1 heterocycles. The van der Waals surface area contributed by atoms with E-state index in [1.54, 1.807) is 0 Å². The zero-order valence-electron chi connectivity index (χ0n) is 3.12. The van der Waals surface area contributed by atoms with Crippen molar-refractivity contribution in [3.63, 3.8) is 0 Å². The summed E-state index contributed by atoms with van der Waals surface area (Å²) in [6.45, 7) is 2.28. The van der Waals surface area contributed by atoms with Gasteiger partial charge in [-0.1, -0.05) is 0 Å². The minimum atomic E-state index is 1.00. The second-order valence-electron chi connectivity index (χ2n) is 1.18. The first-order valence-electron chi connectivity index (χ1n) is 1.91. The first kappa shape index (κ1) is 3.19. The summed E-state index contributed by atoms with van der Waals surface area (Å²) in [5.41, 5.74) is 0. The van der Waals surface area contributed by atoms with Gasteiger partial charge in [0.05, 0.1) is 0 Å². The molecule has 0 spiro atoms. The lowest BCUT2D eigenvalue weighted by atomic mass is 10.2. The summed E-state index contributed by atoms with van der Waals surface area (Å²) in [4.78, 5) is 0. The number of nitrogens with one attached hydrogen (secondary N) is 2. The van der Waals surface area contributed by atoms with Gasteiger partial charge in [0.2, 0.25) is 0 Å². The first-order chi connectivity index (χ1) is 2.50. The van der Waals surface area contributed by atoms with Crippen LogP contribution in [0.25, 0.3) is 0 Å². The van der Waals surface area contributed by atoms with Gasteiger partial charge in [0.25, 0.3) is 7.55 Å². The quantitative estimate of drug-likeness (QED) is 0.337. The van der Waals surface area contributed by atoms with Crippen molar-refractivity contribution in [2.45, 2.75) is 0 Å². The van der Waals surface area contributed by atoms with E-state index < -0.39 is 0 Å². The van der Waals surface area contributed by atoms with Crippen LogP contribution >= 0.6 is 0 Å². The van der Waals surface area contributed by atoms with E-state index in [9.17, 15) is 0 Å². The minimum Gasteiger partial charge on any atom is -0.344 e. The first-order valence-corrected chi connectivity index (χ1v) is 1.91. The van der Waals surface area contributed by atoms with Gasteiger partial charge < -0.3 is 10.5 Å². The second-order valence-corrected chi connectivity index (χ2v) is 1.18. The van der Waals surface area contributed by atoms with Gasteiger partial charge in [0.1, 0.15) is 0 Å². The maximum Gasteiger partial charge on any atom is 0.286 e. The van der Waals surface area contributed by atoms with Crippen LogP contribution < -0.4 is 10.5 Å². The zero-order chi connectivity index (χ0) is 3.54. The molecule has 0 atom stereocenters. The normalized spacial score (nSPS) is 22.4. The third-order valence-corrected chi connectivity index (χ3v) is 0.729. The predicted octanol–water partition coefficient (Wildman–Crippen LogP) is -1.55. The van der Waals surface area contributed by atoms with Gasteiger partial charge in [-0.15, -0.1) is 0 Å². The maximum absolute atomic E-state index is 3.11. The third-order valence-electron chi connectivity index (χ3n) is 0.729. The molecule has 0 aromatic heterocycles. The summed E-state index contributed by atoms with van der Waals surface area (Å²) in [6, 6.07) is 0. The lowest BCUT2D eigenvalue weighted by Gasteiger charge is -1.73. The molecule has 1 aliphatic heterocycles. The van der Waals surface area contributed by atoms with E-state index in [-0.39, 0.29) is 0 Å². The van der Waals surface area contributed by atoms with Crippen molar-refractivity contribution in [1.29, 1.82) is 0 Å². The Kier molecular flexibility index (Phi) is 0.910. The molecular formula is C2H7BN2. The molecule has 5 heavy (non-hydrogen) atoms. The fourth-order valence-corrected chi connectivity index (χ4v) is 0.442. The van der Waals surface area contributed by atoms with Crippen molar-refractivity contribution in [2.24, 2.45) is 0 Å². The van der Waals surface area contributed by atoms with E-state index in [4.69, 9.17) is 0 Å². The van der Waals surface area contributed by atoms with Gasteiger partial charge in [-0.05, 0) is 13.1 Å². The summed E-state index contributed by atoms with van der Waals surface area (Å²) in [6.07, 6.45) is 0. The molecule has 0 aromatic rings. The van der Waals surface area contributed by atoms with Crippen LogP contribution in [0.1, 0.15) is 0 Å². The summed E-state index contributed by atoms with van der Waals surface area (Å²) in [5.74, 6) is 0. The summed E-state index contributed by atoms with van der Waals surface area (Å²) in [7, 11) is 1.00. The number of hydrogen-bond donors (Lipinski definition) is 2. The molecule has 28 valence electrons. The van der Waals surface area contributed by atoms with E-state index in [1.807, 2.05) is 0 Å². The van der Waals surface area contributed by atoms with Crippen LogP contribution in [-0.4, -0.2) is 20.6 Å². The van der Waals surface area contributed by atoms with Crippen molar-refractivity contribution in [3.05, 3.63) is 0 Å². The predicted molar refractivity (Wildman–Crippen MR) is 23.2 cm³/mol. The van der Waals surface area contributed by atoms with Crippen LogP contribution in [0.2, 0.25) is 0 Å². The van der Waals surface area contributed by atoms with Crippen LogP contribution in [0.5, 0.6) is 0 Å². The summed E-state index contributed by atoms with van der Waals surface area (Å²) >= 11 is 0. The van der Waals surface area contributed by atoms with Gasteiger partial charge >= 0.3 is 0 Å². The maximum atomic E-state index is 3.11. The van der Waals surface area contributed by atoms with Crippen LogP contribution in [-0.2, 0) is 0 Å². The highest BCUT2D eigenvalue weighted by atomic mass is 15.0. The van der Waals surface area contributed by atoms with Crippen LogP contribution in [0.4, 0.5) is 0 Å². The molecule has 1 saturated heterocycles. The van der Waals surface area contributed by atoms with E-state index >= 15 is 0 Å². The zero-order valence-corrected chi connectivity index (χ0v) is 3.12. The second kappa shape index (κ2) is 1.43. The smallest absolute Gasteiger partial charge is 0.286 e. The average Bonchev–Trinajstić information content (AvgIpc) is 1.76. The minimum absolute atomic E-state index is 1.00. The Hall–Kier alpha value is -0.0151. The average molecular weight is 69.9 g/mol. The summed E-state index contributed by atoms with van der Waals surface area (Å²) < 4.78 is 0. The monoisotopic (exact) mass is 70.1 g/mol. The Morgan fingerprint density at radius 3 is 2.00 bits per heavy atom. The van der Waals surface area contributed by atoms with E-state index in [1.165, 1.54) is 0 Å². The van der Waals surface area contributed by atoms with E-state index in [0.29, 0.717) is 0 Å². The fourth-order valence-electron chi connectivity index (χ4n) is 0.442. The molecular weight excluding hydrogens is 62.8 g/mol. The molecule has 0 bridgehead atoms. The molecule has 1 rings (SSSR count). The molecule has 2 nitrogen and oxygen atoms in total. The standard InChI is InChI=1S/C2H7BN2/c1-2-5-3-4-1/h3-5H,1-2H2. The van der Waals surface area contributed by atoms with E-state index in [0.717, 1.165) is 20.6 Å². The molecule has 0 radical (unpaired) electrons. The van der Waals surface area contributed by atoms with Crippen LogP contribution in [0.3, 0.4) is 0 Å². The Morgan fingerprint density at radius 2 is 1.80 bits per heavy atom. The largest absolute Gasteiger partial charge is 0.344 e. The van der Waals surface area contributed by atoms with Gasteiger partial charge in [0.15, 0.2) is 0 Å². The Bertz CT molecular complexity index is 19.2. The van der Waals surface area contributed by atoms with E-state index in [2.05, 4.69) is 10.5 Å². The molecule has 1 aliphatic rings. The van der Waals surface area contributed by atoms with Crippen molar-refractivity contribution < 1.29 is 0 Å². The highest BCUT2D eigenvalue weighted by Crippen LogP contribution is 1.58. The van der Waals surface area contributed by atoms with Gasteiger partial charge in [-0.25, -0.2) is 0 Å². The van der Waals surface area contributed by atoms with Gasteiger partial charge in [-0.3, -0.25) is 0 Å². The highest BCUT2D eigenvalue weighted by Gasteiger charge is 1.94. The molecule has 1 fully saturated rings. The van der Waals surface area contributed by atoms with Crippen molar-refractivity contribution in [3.8, 4) is 0 Å². The Balaban J connectivity index is 2.08. The van der Waals surface area contributed by atoms with Crippen molar-refractivity contribution in [2.75, 3.05) is 13.1 Å². The Morgan fingerprint density at radius 1 is 1.20 bits per heavy atom. The molecule has 2 N–H and O–H groups in total. The number of hydrogen-bond acceptors (Lipinski definition) is 2. The van der Waals surface area contributed by atoms with Gasteiger partial charge in [0, 0.05) is 0 Å². The number of rotatable bonds is 0. The third kappa shape index (κ3) is 0.632. The molecule has 0 saturated carbocycles. The lowest BCUT2D eigenvalue weighted by molar-refractivity contribution is 0.942. The summed E-state index contributed by atoms with van der Waals surface area (Å²) in [5, 5.41) is 6.22. The molecule has 3 heteroatoms. The SMILES string of the molecule is B1NCCN1. The van der Waals surface area contributed by atoms with Crippen molar-refractivity contribution in [1.82, 2.24) is 10.5 Å². The Labute approximate surface area is 32.2 Å². The van der Waals surface area contributed by atoms with Crippen molar-refractivity contribution >= 4 is 7.55 Å². The fraction of sp³-hybridized carbons (Fsp3) is 1.00.